The van der Waals surface area contributed by atoms with Crippen molar-refractivity contribution in [2.75, 3.05) is 20.2 Å². The molecule has 0 radical (unpaired) electrons. The molecular weight excluding hydrogens is 236 g/mol. The summed E-state index contributed by atoms with van der Waals surface area (Å²) in [6.07, 6.45) is 1.17. The average Bonchev–Trinajstić information content (AvgIpc) is 2.98. The maximum Gasteiger partial charge on any atom is 0.143 e. The largest absolute Gasteiger partial charge is 0.495 e. The molecule has 1 aromatic heterocycles. The lowest BCUT2D eigenvalue weighted by Gasteiger charge is -2.04. The van der Waals surface area contributed by atoms with Gasteiger partial charge in [0.05, 0.1) is 17.6 Å². The van der Waals surface area contributed by atoms with Crippen molar-refractivity contribution in [2.45, 2.75) is 12.3 Å². The fourth-order valence-electron chi connectivity index (χ4n) is 2.49. The van der Waals surface area contributed by atoms with Crippen molar-refractivity contribution in [1.29, 1.82) is 0 Å². The quantitative estimate of drug-likeness (QED) is 0.860. The van der Waals surface area contributed by atoms with Gasteiger partial charge < -0.3 is 15.0 Å². The molecule has 17 heavy (non-hydrogen) atoms. The molecule has 1 aromatic carbocycles. The molecule has 0 saturated carbocycles. The number of aromatic nitrogens is 1. The highest BCUT2D eigenvalue weighted by Crippen LogP contribution is 2.34. The summed E-state index contributed by atoms with van der Waals surface area (Å²) in [4.78, 5) is 3.45. The molecular formula is C13H15ClN2O. The van der Waals surface area contributed by atoms with Crippen molar-refractivity contribution in [3.8, 4) is 5.75 Å². The molecule has 90 valence electrons. The summed E-state index contributed by atoms with van der Waals surface area (Å²) in [5.41, 5.74) is 2.25. The second-order valence-corrected chi connectivity index (χ2v) is 4.86. The van der Waals surface area contributed by atoms with E-state index < -0.39 is 0 Å². The van der Waals surface area contributed by atoms with Gasteiger partial charge in [0.15, 0.2) is 0 Å². The minimum Gasteiger partial charge on any atom is -0.495 e. The van der Waals surface area contributed by atoms with E-state index in [2.05, 4.69) is 16.4 Å². The predicted octanol–water partition coefficient (Wildman–Crippen LogP) is 2.91. The summed E-state index contributed by atoms with van der Waals surface area (Å²) in [5, 5.41) is 5.20. The van der Waals surface area contributed by atoms with Crippen molar-refractivity contribution in [1.82, 2.24) is 10.3 Å². The van der Waals surface area contributed by atoms with E-state index in [1.165, 1.54) is 12.1 Å². The Morgan fingerprint density at radius 3 is 3.00 bits per heavy atom. The Morgan fingerprint density at radius 2 is 2.29 bits per heavy atom. The van der Waals surface area contributed by atoms with Gasteiger partial charge in [0.2, 0.25) is 0 Å². The summed E-state index contributed by atoms with van der Waals surface area (Å²) < 4.78 is 5.35. The van der Waals surface area contributed by atoms with Crippen molar-refractivity contribution in [3.63, 3.8) is 0 Å². The van der Waals surface area contributed by atoms with Crippen LogP contribution >= 0.6 is 11.6 Å². The minimum absolute atomic E-state index is 0.558. The van der Waals surface area contributed by atoms with E-state index in [4.69, 9.17) is 16.3 Å². The Bertz CT molecular complexity index is 544. The second-order valence-electron chi connectivity index (χ2n) is 4.45. The third-order valence-corrected chi connectivity index (χ3v) is 3.77. The number of H-pyrrole nitrogens is 1. The van der Waals surface area contributed by atoms with Gasteiger partial charge in [0, 0.05) is 23.5 Å². The smallest absolute Gasteiger partial charge is 0.143 e. The van der Waals surface area contributed by atoms with Crippen LogP contribution in [0.4, 0.5) is 0 Å². The van der Waals surface area contributed by atoms with Crippen LogP contribution in [0, 0.1) is 0 Å². The van der Waals surface area contributed by atoms with E-state index in [1.807, 2.05) is 12.1 Å². The molecule has 2 aromatic rings. The SMILES string of the molecule is COc1ccc(Cl)c2cc(C3CCNC3)[nH]c12. The van der Waals surface area contributed by atoms with Crippen LogP contribution in [-0.2, 0) is 0 Å². The zero-order valence-corrected chi connectivity index (χ0v) is 10.5. The van der Waals surface area contributed by atoms with Crippen LogP contribution < -0.4 is 10.1 Å². The van der Waals surface area contributed by atoms with E-state index in [0.29, 0.717) is 5.92 Å². The highest BCUT2D eigenvalue weighted by molar-refractivity contribution is 6.35. The normalized spacial score (nSPS) is 20.0. The number of methoxy groups -OCH3 is 1. The van der Waals surface area contributed by atoms with Crippen molar-refractivity contribution >= 4 is 22.5 Å². The highest BCUT2D eigenvalue weighted by Gasteiger charge is 2.20. The molecule has 3 rings (SSSR count). The number of aromatic amines is 1. The van der Waals surface area contributed by atoms with Crippen LogP contribution in [0.1, 0.15) is 18.0 Å². The summed E-state index contributed by atoms with van der Waals surface area (Å²) in [6, 6.07) is 5.93. The molecule has 2 heterocycles. The van der Waals surface area contributed by atoms with Crippen molar-refractivity contribution < 1.29 is 4.74 Å². The minimum atomic E-state index is 0.558. The van der Waals surface area contributed by atoms with Gasteiger partial charge in [-0.2, -0.15) is 0 Å². The molecule has 0 bridgehead atoms. The Labute approximate surface area is 105 Å². The number of hydrogen-bond donors (Lipinski definition) is 2. The first-order valence-electron chi connectivity index (χ1n) is 5.85. The molecule has 1 unspecified atom stereocenters. The van der Waals surface area contributed by atoms with Gasteiger partial charge >= 0.3 is 0 Å². The lowest BCUT2D eigenvalue weighted by atomic mass is 10.1. The van der Waals surface area contributed by atoms with Gasteiger partial charge in [-0.3, -0.25) is 0 Å². The fourth-order valence-corrected chi connectivity index (χ4v) is 2.70. The summed E-state index contributed by atoms with van der Waals surface area (Å²) >= 11 is 6.21. The number of rotatable bonds is 2. The van der Waals surface area contributed by atoms with Gasteiger partial charge in [0.1, 0.15) is 5.75 Å². The topological polar surface area (TPSA) is 37.0 Å². The zero-order chi connectivity index (χ0) is 11.8. The first-order valence-corrected chi connectivity index (χ1v) is 6.23. The van der Waals surface area contributed by atoms with Crippen LogP contribution in [0.5, 0.6) is 5.75 Å². The molecule has 1 saturated heterocycles. The molecule has 2 N–H and O–H groups in total. The van der Waals surface area contributed by atoms with Gasteiger partial charge in [0.25, 0.3) is 0 Å². The highest BCUT2D eigenvalue weighted by atomic mass is 35.5. The number of benzene rings is 1. The first-order chi connectivity index (χ1) is 8.29. The number of hydrogen-bond acceptors (Lipinski definition) is 2. The number of nitrogens with one attached hydrogen (secondary N) is 2. The van der Waals surface area contributed by atoms with E-state index in [0.717, 1.165) is 34.8 Å². The summed E-state index contributed by atoms with van der Waals surface area (Å²) in [5.74, 6) is 1.41. The Morgan fingerprint density at radius 1 is 1.41 bits per heavy atom. The fraction of sp³-hybridized carbons (Fsp3) is 0.385. The molecule has 4 heteroatoms. The van der Waals surface area contributed by atoms with Crippen molar-refractivity contribution in [3.05, 3.63) is 28.9 Å². The standard InChI is InChI=1S/C13H15ClN2O/c1-17-12-3-2-10(14)9-6-11(16-13(9)12)8-4-5-15-7-8/h2-3,6,8,15-16H,4-5,7H2,1H3. The third-order valence-electron chi connectivity index (χ3n) is 3.44. The second kappa shape index (κ2) is 4.24. The first kappa shape index (κ1) is 10.9. The van der Waals surface area contributed by atoms with Gasteiger partial charge in [-0.1, -0.05) is 11.6 Å². The van der Waals surface area contributed by atoms with Crippen LogP contribution in [0.15, 0.2) is 18.2 Å². The summed E-state index contributed by atoms with van der Waals surface area (Å²) in [6.45, 7) is 2.12. The van der Waals surface area contributed by atoms with Crippen LogP contribution in [0.25, 0.3) is 10.9 Å². The summed E-state index contributed by atoms with van der Waals surface area (Å²) in [7, 11) is 1.68. The maximum absolute atomic E-state index is 6.21. The Balaban J connectivity index is 2.13. The molecule has 1 aliphatic heterocycles. The van der Waals surface area contributed by atoms with E-state index in [1.54, 1.807) is 7.11 Å². The number of fused-ring (bicyclic) bond motifs is 1. The van der Waals surface area contributed by atoms with Crippen LogP contribution in [-0.4, -0.2) is 25.2 Å². The van der Waals surface area contributed by atoms with E-state index in [-0.39, 0.29) is 0 Å². The number of ether oxygens (including phenoxy) is 1. The molecule has 3 nitrogen and oxygen atoms in total. The lowest BCUT2D eigenvalue weighted by Crippen LogP contribution is -2.07. The van der Waals surface area contributed by atoms with E-state index >= 15 is 0 Å². The predicted molar refractivity (Wildman–Crippen MR) is 70.1 cm³/mol. The average molecular weight is 251 g/mol. The zero-order valence-electron chi connectivity index (χ0n) is 9.72. The van der Waals surface area contributed by atoms with Gasteiger partial charge in [-0.05, 0) is 31.2 Å². The molecule has 0 aliphatic carbocycles. The van der Waals surface area contributed by atoms with Crippen molar-refractivity contribution in [2.24, 2.45) is 0 Å². The molecule has 1 fully saturated rings. The van der Waals surface area contributed by atoms with Gasteiger partial charge in [-0.15, -0.1) is 0 Å². The lowest BCUT2D eigenvalue weighted by molar-refractivity contribution is 0.419. The Hall–Kier alpha value is -1.19. The molecule has 1 aliphatic rings. The third kappa shape index (κ3) is 1.79. The van der Waals surface area contributed by atoms with Crippen LogP contribution in [0.3, 0.4) is 0 Å². The maximum atomic E-state index is 6.21. The monoisotopic (exact) mass is 250 g/mol. The molecule has 0 spiro atoms. The van der Waals surface area contributed by atoms with Gasteiger partial charge in [-0.25, -0.2) is 0 Å². The Kier molecular flexibility index (Phi) is 2.73. The van der Waals surface area contributed by atoms with Crippen LogP contribution in [0.2, 0.25) is 5.02 Å². The number of halogens is 1. The van der Waals surface area contributed by atoms with E-state index in [9.17, 15) is 0 Å². The molecule has 1 atom stereocenters. The molecule has 0 amide bonds.